The van der Waals surface area contributed by atoms with Gasteiger partial charge in [0.25, 0.3) is 0 Å². The van der Waals surface area contributed by atoms with Gasteiger partial charge in [0.15, 0.2) is 0 Å². The topological polar surface area (TPSA) is 108 Å². The Bertz CT molecular complexity index is 1150. The molecular formula is C23H28N4O5S. The zero-order valence-electron chi connectivity index (χ0n) is 18.9. The van der Waals surface area contributed by atoms with Gasteiger partial charge in [-0.05, 0) is 30.7 Å². The van der Waals surface area contributed by atoms with Crippen LogP contribution in [0.5, 0.6) is 5.75 Å². The summed E-state index contributed by atoms with van der Waals surface area (Å²) in [5.74, 6) is -0.425. The van der Waals surface area contributed by atoms with E-state index >= 15 is 0 Å². The zero-order valence-corrected chi connectivity index (χ0v) is 19.8. The molecule has 2 aromatic carbocycles. The zero-order chi connectivity index (χ0) is 24.0. The SMILES string of the molecule is CCOc1ccc(NC(=O)CCC(=O)N2CCC(c3ccccc3)=N2)cc1S(=O)(=O)N(C)C. The molecule has 33 heavy (non-hydrogen) atoms. The number of hydrogen-bond acceptors (Lipinski definition) is 6. The summed E-state index contributed by atoms with van der Waals surface area (Å²) in [6.07, 6.45) is 0.614. The van der Waals surface area contributed by atoms with Gasteiger partial charge in [-0.1, -0.05) is 30.3 Å². The Morgan fingerprint density at radius 1 is 1.12 bits per heavy atom. The van der Waals surface area contributed by atoms with Crippen molar-refractivity contribution in [2.45, 2.75) is 31.1 Å². The maximum absolute atomic E-state index is 12.6. The summed E-state index contributed by atoms with van der Waals surface area (Å²) in [4.78, 5) is 24.9. The van der Waals surface area contributed by atoms with Crippen LogP contribution in [0.25, 0.3) is 0 Å². The number of amides is 2. The van der Waals surface area contributed by atoms with E-state index in [1.165, 1.54) is 31.2 Å². The lowest BCUT2D eigenvalue weighted by Crippen LogP contribution is -2.25. The first-order chi connectivity index (χ1) is 15.7. The van der Waals surface area contributed by atoms with Crippen molar-refractivity contribution in [3.05, 3.63) is 54.1 Å². The third-order valence-electron chi connectivity index (χ3n) is 5.05. The third-order valence-corrected chi connectivity index (χ3v) is 6.88. The van der Waals surface area contributed by atoms with E-state index in [1.807, 2.05) is 30.3 Å². The first kappa shape index (κ1) is 24.4. The van der Waals surface area contributed by atoms with E-state index in [1.54, 1.807) is 13.0 Å². The summed E-state index contributed by atoms with van der Waals surface area (Å²) in [5.41, 5.74) is 2.13. The Kier molecular flexibility index (Phi) is 7.83. The van der Waals surface area contributed by atoms with Crippen molar-refractivity contribution in [1.29, 1.82) is 0 Å². The molecule has 1 aliphatic heterocycles. The highest BCUT2D eigenvalue weighted by Crippen LogP contribution is 2.29. The number of ether oxygens (including phenoxy) is 1. The molecule has 0 atom stereocenters. The number of sulfonamides is 1. The Labute approximate surface area is 194 Å². The molecule has 0 fully saturated rings. The van der Waals surface area contributed by atoms with Crippen molar-refractivity contribution in [2.75, 3.05) is 32.6 Å². The van der Waals surface area contributed by atoms with Crippen LogP contribution >= 0.6 is 0 Å². The summed E-state index contributed by atoms with van der Waals surface area (Å²) >= 11 is 0. The Hall–Kier alpha value is -3.24. The van der Waals surface area contributed by atoms with E-state index < -0.39 is 15.9 Å². The number of hydrogen-bond donors (Lipinski definition) is 1. The van der Waals surface area contributed by atoms with Gasteiger partial charge in [0.1, 0.15) is 10.6 Å². The highest BCUT2D eigenvalue weighted by molar-refractivity contribution is 7.89. The molecule has 3 rings (SSSR count). The molecule has 0 aliphatic carbocycles. The first-order valence-electron chi connectivity index (χ1n) is 10.6. The quantitative estimate of drug-likeness (QED) is 0.604. The fourth-order valence-electron chi connectivity index (χ4n) is 3.30. The number of carbonyl (C=O) groups is 2. The summed E-state index contributed by atoms with van der Waals surface area (Å²) in [5, 5.41) is 8.44. The van der Waals surface area contributed by atoms with Gasteiger partial charge >= 0.3 is 0 Å². The minimum atomic E-state index is -3.77. The number of nitrogens with zero attached hydrogens (tertiary/aromatic N) is 3. The van der Waals surface area contributed by atoms with Crippen LogP contribution in [0, 0.1) is 0 Å². The third kappa shape index (κ3) is 5.96. The second-order valence-corrected chi connectivity index (χ2v) is 9.73. The molecule has 9 nitrogen and oxygen atoms in total. The van der Waals surface area contributed by atoms with Gasteiger partial charge in [-0.3, -0.25) is 9.59 Å². The molecule has 2 aromatic rings. The molecule has 0 saturated heterocycles. The van der Waals surface area contributed by atoms with Gasteiger partial charge in [0.2, 0.25) is 21.8 Å². The second kappa shape index (κ2) is 10.6. The number of hydrazone groups is 1. The number of nitrogens with one attached hydrogen (secondary N) is 1. The van der Waals surface area contributed by atoms with Crippen LogP contribution in [0.15, 0.2) is 58.5 Å². The summed E-state index contributed by atoms with van der Waals surface area (Å²) < 4.78 is 31.8. The average molecular weight is 473 g/mol. The second-order valence-electron chi connectivity index (χ2n) is 7.61. The van der Waals surface area contributed by atoms with Gasteiger partial charge in [-0.15, -0.1) is 0 Å². The van der Waals surface area contributed by atoms with Gasteiger partial charge in [-0.2, -0.15) is 5.10 Å². The largest absolute Gasteiger partial charge is 0.492 e. The highest BCUT2D eigenvalue weighted by Gasteiger charge is 2.24. The number of rotatable bonds is 9. The maximum Gasteiger partial charge on any atom is 0.246 e. The van der Waals surface area contributed by atoms with Crippen LogP contribution in [0.4, 0.5) is 5.69 Å². The smallest absolute Gasteiger partial charge is 0.246 e. The molecule has 176 valence electrons. The van der Waals surface area contributed by atoms with Crippen molar-refractivity contribution < 1.29 is 22.7 Å². The van der Waals surface area contributed by atoms with Crippen molar-refractivity contribution in [3.8, 4) is 5.75 Å². The molecule has 0 unspecified atom stereocenters. The fourth-order valence-corrected chi connectivity index (χ4v) is 4.35. The molecule has 0 aromatic heterocycles. The minimum Gasteiger partial charge on any atom is -0.492 e. The van der Waals surface area contributed by atoms with E-state index in [9.17, 15) is 18.0 Å². The average Bonchev–Trinajstić information content (AvgIpc) is 3.29. The van der Waals surface area contributed by atoms with Crippen LogP contribution < -0.4 is 10.1 Å². The molecule has 1 heterocycles. The van der Waals surface area contributed by atoms with Crippen LogP contribution in [0.3, 0.4) is 0 Å². The van der Waals surface area contributed by atoms with Crippen molar-refractivity contribution in [3.63, 3.8) is 0 Å². The molecule has 0 bridgehead atoms. The van der Waals surface area contributed by atoms with Gasteiger partial charge < -0.3 is 10.1 Å². The Morgan fingerprint density at radius 3 is 2.52 bits per heavy atom. The molecule has 10 heteroatoms. The van der Waals surface area contributed by atoms with Crippen molar-refractivity contribution in [1.82, 2.24) is 9.31 Å². The predicted octanol–water partition coefficient (Wildman–Crippen LogP) is 2.69. The number of anilines is 1. The Balaban J connectivity index is 1.62. The minimum absolute atomic E-state index is 0.00269. The molecule has 1 aliphatic rings. The van der Waals surface area contributed by atoms with Gasteiger partial charge in [-0.25, -0.2) is 17.7 Å². The number of benzene rings is 2. The first-order valence-corrected chi connectivity index (χ1v) is 12.1. The molecule has 2 amide bonds. The number of carbonyl (C=O) groups excluding carboxylic acids is 2. The van der Waals surface area contributed by atoms with E-state index in [0.717, 1.165) is 15.6 Å². The van der Waals surface area contributed by atoms with Gasteiger partial charge in [0, 0.05) is 39.0 Å². The summed E-state index contributed by atoms with van der Waals surface area (Å²) in [6, 6.07) is 14.1. The van der Waals surface area contributed by atoms with Crippen LogP contribution in [-0.4, -0.2) is 62.5 Å². The summed E-state index contributed by atoms with van der Waals surface area (Å²) in [6.45, 7) is 2.54. The Morgan fingerprint density at radius 2 is 1.85 bits per heavy atom. The normalized spacial score (nSPS) is 13.7. The summed E-state index contributed by atoms with van der Waals surface area (Å²) in [7, 11) is -0.926. The molecule has 0 radical (unpaired) electrons. The van der Waals surface area contributed by atoms with Gasteiger partial charge in [0.05, 0.1) is 18.9 Å². The van der Waals surface area contributed by atoms with E-state index in [0.29, 0.717) is 25.3 Å². The van der Waals surface area contributed by atoms with Crippen LogP contribution in [0.2, 0.25) is 0 Å². The standard InChI is InChI=1S/C23H28N4O5S/c1-4-32-20-11-10-18(16-21(20)33(30,31)26(2)3)24-22(28)12-13-23(29)27-15-14-19(25-27)17-8-6-5-7-9-17/h5-11,16H,4,12-15H2,1-3H3,(H,24,28). The highest BCUT2D eigenvalue weighted by atomic mass is 32.2. The molecule has 0 spiro atoms. The van der Waals surface area contributed by atoms with Crippen molar-refractivity contribution >= 4 is 33.2 Å². The lowest BCUT2D eigenvalue weighted by atomic mass is 10.1. The van der Waals surface area contributed by atoms with E-state index in [-0.39, 0.29) is 29.4 Å². The van der Waals surface area contributed by atoms with Crippen molar-refractivity contribution in [2.24, 2.45) is 5.10 Å². The van der Waals surface area contributed by atoms with E-state index in [2.05, 4.69) is 10.4 Å². The van der Waals surface area contributed by atoms with Crippen LogP contribution in [0.1, 0.15) is 31.7 Å². The van der Waals surface area contributed by atoms with Crippen LogP contribution in [-0.2, 0) is 19.6 Å². The predicted molar refractivity (Wildman–Crippen MR) is 126 cm³/mol. The maximum atomic E-state index is 12.6. The van der Waals surface area contributed by atoms with E-state index in [4.69, 9.17) is 4.74 Å². The molecule has 1 N–H and O–H groups in total. The lowest BCUT2D eigenvalue weighted by molar-refractivity contribution is -0.132. The monoisotopic (exact) mass is 472 g/mol. The molecule has 0 saturated carbocycles. The molecular weight excluding hydrogens is 444 g/mol. The fraction of sp³-hybridized carbons (Fsp3) is 0.348. The lowest BCUT2D eigenvalue weighted by Gasteiger charge is -2.17.